The van der Waals surface area contributed by atoms with E-state index in [0.717, 1.165) is 25.3 Å². The number of benzene rings is 2. The Balaban J connectivity index is 1.37. The van der Waals surface area contributed by atoms with Crippen molar-refractivity contribution in [1.82, 2.24) is 14.9 Å². The lowest BCUT2D eigenvalue weighted by atomic mass is 9.97. The number of aryl methyl sites for hydroxylation is 1. The van der Waals surface area contributed by atoms with Crippen LogP contribution in [0.5, 0.6) is 5.75 Å². The monoisotopic (exact) mass is 588 g/mol. The van der Waals surface area contributed by atoms with Gasteiger partial charge in [0, 0.05) is 40.3 Å². The van der Waals surface area contributed by atoms with E-state index < -0.39 is 17.6 Å². The van der Waals surface area contributed by atoms with Crippen molar-refractivity contribution in [1.29, 1.82) is 0 Å². The zero-order valence-corrected chi connectivity index (χ0v) is 24.0. The number of hydrogen-bond donors (Lipinski definition) is 1. The number of halogens is 4. The van der Waals surface area contributed by atoms with Gasteiger partial charge < -0.3 is 14.2 Å². The minimum atomic E-state index is -4.58. The topological polar surface area (TPSA) is 75.9 Å². The Morgan fingerprint density at radius 2 is 1.73 bits per heavy atom. The molecule has 1 N–H and O–H groups in total. The molecule has 1 aliphatic rings. The maximum atomic E-state index is 13.3. The average molecular weight is 589 g/mol. The van der Waals surface area contributed by atoms with Crippen LogP contribution < -0.4 is 10.2 Å². The molecule has 2 heterocycles. The zero-order valence-electron chi connectivity index (χ0n) is 23.3. The molecule has 2 unspecified atom stereocenters. The van der Waals surface area contributed by atoms with Gasteiger partial charge in [0.25, 0.3) is 11.8 Å². The van der Waals surface area contributed by atoms with Crippen molar-refractivity contribution in [3.05, 3.63) is 81.6 Å². The predicted octanol–water partition coefficient (Wildman–Crippen LogP) is 6.70. The molecule has 1 fully saturated rings. The first-order valence-electron chi connectivity index (χ1n) is 13.3. The van der Waals surface area contributed by atoms with E-state index in [9.17, 15) is 22.8 Å². The number of ether oxygens (including phenoxy) is 1. The highest BCUT2D eigenvalue weighted by atomic mass is 35.5. The second kappa shape index (κ2) is 12.4. The fourth-order valence-electron chi connectivity index (χ4n) is 5.25. The smallest absolute Gasteiger partial charge is 0.417 e. The van der Waals surface area contributed by atoms with Gasteiger partial charge in [-0.05, 0) is 95.5 Å². The molecule has 0 aliphatic carbocycles. The van der Waals surface area contributed by atoms with E-state index in [0.29, 0.717) is 34.0 Å². The second-order valence-electron chi connectivity index (χ2n) is 10.3. The van der Waals surface area contributed by atoms with Crippen LogP contribution in [0.4, 0.5) is 13.2 Å². The van der Waals surface area contributed by atoms with Crippen molar-refractivity contribution in [3.8, 4) is 11.4 Å². The number of amides is 2. The molecule has 0 spiro atoms. The Labute approximate surface area is 241 Å². The van der Waals surface area contributed by atoms with Gasteiger partial charge in [-0.3, -0.25) is 9.59 Å². The number of aromatic nitrogens is 1. The summed E-state index contributed by atoms with van der Waals surface area (Å²) in [6.45, 7) is 7.53. The van der Waals surface area contributed by atoms with Gasteiger partial charge in [0.2, 0.25) is 0 Å². The number of nitrogens with zero attached hydrogens (tertiary/aromatic N) is 3. The van der Waals surface area contributed by atoms with E-state index >= 15 is 0 Å². The van der Waals surface area contributed by atoms with E-state index in [1.54, 1.807) is 48.7 Å². The van der Waals surface area contributed by atoms with Crippen LogP contribution in [0.3, 0.4) is 0 Å². The van der Waals surface area contributed by atoms with Crippen molar-refractivity contribution >= 4 is 29.6 Å². The standard InChI is InChI=1S/C30H32ClF3N4O3/c1-18-6-5-7-19(2)37(18)28(39)17-41-25-11-8-22(9-12-25)29(40)36-35-16-23-14-20(3)38(21(23)4)24-10-13-27(31)26(15-24)30(32,33)34/h8-16,18-19H,5-7,17H2,1-4H3,(H,36,40)/b35-16+. The molecule has 3 aromatic rings. The van der Waals surface area contributed by atoms with Crippen LogP contribution >= 0.6 is 11.6 Å². The van der Waals surface area contributed by atoms with Crippen LogP contribution in [0.25, 0.3) is 5.69 Å². The maximum Gasteiger partial charge on any atom is 0.417 e. The molecule has 7 nitrogen and oxygen atoms in total. The molecular formula is C30H32ClF3N4O3. The van der Waals surface area contributed by atoms with E-state index in [4.69, 9.17) is 16.3 Å². The number of rotatable bonds is 7. The number of nitrogens with one attached hydrogen (secondary N) is 1. The third-order valence-electron chi connectivity index (χ3n) is 7.31. The van der Waals surface area contributed by atoms with Gasteiger partial charge in [-0.15, -0.1) is 0 Å². The summed E-state index contributed by atoms with van der Waals surface area (Å²) in [5.41, 5.74) is 4.13. The first kappa shape index (κ1) is 30.2. The van der Waals surface area contributed by atoms with Crippen LogP contribution in [0.1, 0.15) is 66.0 Å². The number of hydrazone groups is 1. The third kappa shape index (κ3) is 6.93. The number of hydrogen-bond acceptors (Lipinski definition) is 4. The highest BCUT2D eigenvalue weighted by molar-refractivity contribution is 6.31. The quantitative estimate of drug-likeness (QED) is 0.247. The van der Waals surface area contributed by atoms with Gasteiger partial charge in [0.1, 0.15) is 5.75 Å². The van der Waals surface area contributed by atoms with E-state index in [-0.39, 0.29) is 29.6 Å². The van der Waals surface area contributed by atoms with Crippen molar-refractivity contribution in [2.24, 2.45) is 5.10 Å². The summed E-state index contributed by atoms with van der Waals surface area (Å²) in [4.78, 5) is 27.1. The summed E-state index contributed by atoms with van der Waals surface area (Å²) in [5.74, 6) is -0.0442. The first-order valence-corrected chi connectivity index (χ1v) is 13.7. The summed E-state index contributed by atoms with van der Waals surface area (Å²) in [7, 11) is 0. The lowest BCUT2D eigenvalue weighted by molar-refractivity contribution is -0.139. The Bertz CT molecular complexity index is 1440. The largest absolute Gasteiger partial charge is 0.484 e. The molecule has 41 heavy (non-hydrogen) atoms. The molecule has 0 radical (unpaired) electrons. The molecule has 0 bridgehead atoms. The molecule has 1 aromatic heterocycles. The highest BCUT2D eigenvalue weighted by Crippen LogP contribution is 2.36. The van der Waals surface area contributed by atoms with E-state index in [1.807, 2.05) is 18.7 Å². The molecular weight excluding hydrogens is 557 g/mol. The normalized spacial score (nSPS) is 17.6. The molecule has 1 saturated heterocycles. The van der Waals surface area contributed by atoms with E-state index in [1.165, 1.54) is 18.3 Å². The predicted molar refractivity (Wildman–Crippen MR) is 152 cm³/mol. The van der Waals surface area contributed by atoms with Crippen molar-refractivity contribution in [2.75, 3.05) is 6.61 Å². The summed E-state index contributed by atoms with van der Waals surface area (Å²) in [6.07, 6.45) is -0.0645. The first-order chi connectivity index (χ1) is 19.4. The fraction of sp³-hybridized carbons (Fsp3) is 0.367. The Morgan fingerprint density at radius 1 is 1.07 bits per heavy atom. The Hall–Kier alpha value is -3.79. The van der Waals surface area contributed by atoms with Gasteiger partial charge in [-0.2, -0.15) is 18.3 Å². The number of carbonyl (C=O) groups is 2. The highest BCUT2D eigenvalue weighted by Gasteiger charge is 2.34. The second-order valence-corrected chi connectivity index (χ2v) is 10.7. The van der Waals surface area contributed by atoms with Crippen molar-refractivity contribution in [2.45, 2.75) is 65.2 Å². The van der Waals surface area contributed by atoms with E-state index in [2.05, 4.69) is 10.5 Å². The van der Waals surface area contributed by atoms with Gasteiger partial charge >= 0.3 is 6.18 Å². The molecule has 2 amide bonds. The molecule has 4 rings (SSSR count). The number of carbonyl (C=O) groups excluding carboxylic acids is 2. The number of likely N-dealkylation sites (tertiary alicyclic amines) is 1. The van der Waals surface area contributed by atoms with Crippen molar-refractivity contribution in [3.63, 3.8) is 0 Å². The zero-order chi connectivity index (χ0) is 29.9. The van der Waals surface area contributed by atoms with Gasteiger partial charge in [-0.1, -0.05) is 11.6 Å². The Morgan fingerprint density at radius 3 is 2.37 bits per heavy atom. The van der Waals surface area contributed by atoms with Gasteiger partial charge in [0.05, 0.1) is 16.8 Å². The molecule has 0 saturated carbocycles. The van der Waals surface area contributed by atoms with Gasteiger partial charge in [-0.25, -0.2) is 5.43 Å². The van der Waals surface area contributed by atoms with Crippen LogP contribution in [0.2, 0.25) is 5.02 Å². The summed E-state index contributed by atoms with van der Waals surface area (Å²) in [6, 6.07) is 12.2. The molecule has 1 aliphatic heterocycles. The SMILES string of the molecule is Cc1cc(/C=N/NC(=O)c2ccc(OCC(=O)N3C(C)CCCC3C)cc2)c(C)n1-c1ccc(Cl)c(C(F)(F)F)c1. The molecule has 11 heteroatoms. The molecule has 2 aromatic carbocycles. The summed E-state index contributed by atoms with van der Waals surface area (Å²) < 4.78 is 47.4. The van der Waals surface area contributed by atoms with Crippen LogP contribution in [0, 0.1) is 13.8 Å². The maximum absolute atomic E-state index is 13.3. The molecule has 218 valence electrons. The number of piperidine rings is 1. The fourth-order valence-corrected chi connectivity index (χ4v) is 5.47. The Kier molecular flexibility index (Phi) is 9.11. The van der Waals surface area contributed by atoms with Crippen LogP contribution in [-0.4, -0.2) is 46.2 Å². The third-order valence-corrected chi connectivity index (χ3v) is 7.64. The summed E-state index contributed by atoms with van der Waals surface area (Å²) in [5, 5.41) is 3.65. The minimum Gasteiger partial charge on any atom is -0.484 e. The van der Waals surface area contributed by atoms with Gasteiger partial charge in [0.15, 0.2) is 6.61 Å². The van der Waals surface area contributed by atoms with Crippen LogP contribution in [0.15, 0.2) is 53.6 Å². The number of alkyl halides is 3. The average Bonchev–Trinajstić information content (AvgIpc) is 3.19. The lowest BCUT2D eigenvalue weighted by Gasteiger charge is -2.38. The van der Waals surface area contributed by atoms with Crippen LogP contribution in [-0.2, 0) is 11.0 Å². The lowest BCUT2D eigenvalue weighted by Crippen LogP contribution is -2.49. The van der Waals surface area contributed by atoms with Crippen molar-refractivity contribution < 1.29 is 27.5 Å². The molecule has 2 atom stereocenters. The summed E-state index contributed by atoms with van der Waals surface area (Å²) >= 11 is 5.76. The minimum absolute atomic E-state index is 0.0583.